The van der Waals surface area contributed by atoms with E-state index in [9.17, 15) is 8.42 Å². The Morgan fingerprint density at radius 3 is 2.95 bits per heavy atom. The first-order valence-corrected chi connectivity index (χ1v) is 9.51. The van der Waals surface area contributed by atoms with Crippen molar-refractivity contribution >= 4 is 37.2 Å². The van der Waals surface area contributed by atoms with Gasteiger partial charge < -0.3 is 5.32 Å². The molecule has 1 atom stereocenters. The molecule has 3 rings (SSSR count). The monoisotopic (exact) mass is 326 g/mol. The van der Waals surface area contributed by atoms with Crippen molar-refractivity contribution in [2.24, 2.45) is 0 Å². The number of sulfone groups is 1. The molecule has 1 fully saturated rings. The van der Waals surface area contributed by atoms with E-state index < -0.39 is 9.84 Å². The second-order valence-electron chi connectivity index (χ2n) is 5.35. The summed E-state index contributed by atoms with van der Waals surface area (Å²) in [4.78, 5) is 12.1. The van der Waals surface area contributed by atoms with Crippen molar-refractivity contribution < 1.29 is 8.42 Å². The maximum Gasteiger partial charge on any atom is 0.151 e. The molecule has 2 aromatic rings. The third-order valence-electron chi connectivity index (χ3n) is 3.83. The molecule has 1 saturated heterocycles. The Kier molecular flexibility index (Phi) is 3.85. The van der Waals surface area contributed by atoms with Gasteiger partial charge in [0, 0.05) is 13.1 Å². The smallest absolute Gasteiger partial charge is 0.151 e. The fraction of sp³-hybridized carbons (Fsp3) is 0.538. The molecule has 2 aromatic heterocycles. The van der Waals surface area contributed by atoms with Crippen molar-refractivity contribution in [2.75, 3.05) is 30.9 Å². The van der Waals surface area contributed by atoms with E-state index in [1.165, 1.54) is 0 Å². The predicted molar refractivity (Wildman–Crippen MR) is 85.5 cm³/mol. The van der Waals surface area contributed by atoms with Crippen LogP contribution in [-0.2, 0) is 16.4 Å². The number of thiophene rings is 1. The van der Waals surface area contributed by atoms with Gasteiger partial charge in [0.15, 0.2) is 9.84 Å². The Balaban J connectivity index is 1.81. The Morgan fingerprint density at radius 1 is 1.48 bits per heavy atom. The summed E-state index contributed by atoms with van der Waals surface area (Å²) in [5.74, 6) is 2.07. The van der Waals surface area contributed by atoms with Crippen molar-refractivity contribution in [1.29, 1.82) is 0 Å². The molecule has 6 nitrogen and oxygen atoms in total. The molecule has 0 amide bonds. The second kappa shape index (κ2) is 5.51. The third-order valence-corrected chi connectivity index (χ3v) is 6.39. The summed E-state index contributed by atoms with van der Waals surface area (Å²) in [7, 11) is 0.917. The van der Waals surface area contributed by atoms with Crippen molar-refractivity contribution in [3.63, 3.8) is 0 Å². The van der Waals surface area contributed by atoms with E-state index in [-0.39, 0.29) is 17.5 Å². The van der Waals surface area contributed by atoms with E-state index in [0.717, 1.165) is 21.9 Å². The summed E-state index contributed by atoms with van der Waals surface area (Å²) < 4.78 is 23.1. The van der Waals surface area contributed by atoms with Crippen LogP contribution in [0, 0.1) is 0 Å². The SMILES string of the molecule is CNc1nc(CN(C)C2CCS(=O)(=O)C2)nc2sccc12. The zero-order valence-corrected chi connectivity index (χ0v) is 13.7. The Bertz CT molecular complexity index is 757. The van der Waals surface area contributed by atoms with Crippen molar-refractivity contribution in [3.8, 4) is 0 Å². The first-order chi connectivity index (χ1) is 9.98. The molecule has 0 radical (unpaired) electrons. The van der Waals surface area contributed by atoms with Gasteiger partial charge in [0.2, 0.25) is 0 Å². The summed E-state index contributed by atoms with van der Waals surface area (Å²) in [6.07, 6.45) is 0.693. The molecule has 1 unspecified atom stereocenters. The predicted octanol–water partition coefficient (Wildman–Crippen LogP) is 1.35. The van der Waals surface area contributed by atoms with Crippen LogP contribution in [0.4, 0.5) is 5.82 Å². The van der Waals surface area contributed by atoms with Crippen molar-refractivity contribution in [3.05, 3.63) is 17.3 Å². The number of nitrogens with zero attached hydrogens (tertiary/aromatic N) is 3. The van der Waals surface area contributed by atoms with Gasteiger partial charge in [-0.15, -0.1) is 11.3 Å². The number of hydrogen-bond donors (Lipinski definition) is 1. The minimum absolute atomic E-state index is 0.0654. The lowest BCUT2D eigenvalue weighted by atomic mass is 10.2. The van der Waals surface area contributed by atoms with Gasteiger partial charge in [-0.25, -0.2) is 18.4 Å². The minimum atomic E-state index is -2.86. The molecule has 0 spiro atoms. The maximum absolute atomic E-state index is 11.6. The van der Waals surface area contributed by atoms with Gasteiger partial charge in [-0.2, -0.15) is 0 Å². The first-order valence-electron chi connectivity index (χ1n) is 6.81. The molecule has 3 heterocycles. The lowest BCUT2D eigenvalue weighted by Crippen LogP contribution is -2.32. The molecule has 1 aliphatic heterocycles. The van der Waals surface area contributed by atoms with E-state index in [1.807, 2.05) is 30.4 Å². The average Bonchev–Trinajstić information content (AvgIpc) is 3.03. The highest BCUT2D eigenvalue weighted by Gasteiger charge is 2.30. The van der Waals surface area contributed by atoms with E-state index >= 15 is 0 Å². The van der Waals surface area contributed by atoms with Gasteiger partial charge >= 0.3 is 0 Å². The molecule has 0 aliphatic carbocycles. The summed E-state index contributed by atoms with van der Waals surface area (Å²) in [6.45, 7) is 0.558. The van der Waals surface area contributed by atoms with Crippen LogP contribution in [0.25, 0.3) is 10.2 Å². The molecular formula is C13H18N4O2S2. The van der Waals surface area contributed by atoms with Crippen LogP contribution in [0.1, 0.15) is 12.2 Å². The van der Waals surface area contributed by atoms with Gasteiger partial charge in [0.1, 0.15) is 16.5 Å². The van der Waals surface area contributed by atoms with Crippen molar-refractivity contribution in [1.82, 2.24) is 14.9 Å². The number of aromatic nitrogens is 2. The highest BCUT2D eigenvalue weighted by atomic mass is 32.2. The van der Waals surface area contributed by atoms with E-state index in [2.05, 4.69) is 15.3 Å². The first kappa shape index (κ1) is 14.7. The molecule has 1 aliphatic rings. The fourth-order valence-electron chi connectivity index (χ4n) is 2.64. The van der Waals surface area contributed by atoms with Crippen LogP contribution < -0.4 is 5.32 Å². The number of nitrogens with one attached hydrogen (secondary N) is 1. The molecule has 0 saturated carbocycles. The second-order valence-corrected chi connectivity index (χ2v) is 8.47. The quantitative estimate of drug-likeness (QED) is 0.914. The number of hydrogen-bond acceptors (Lipinski definition) is 7. The summed E-state index contributed by atoms with van der Waals surface area (Å²) in [5, 5.41) is 6.12. The zero-order valence-electron chi connectivity index (χ0n) is 12.0. The Morgan fingerprint density at radius 2 is 2.29 bits per heavy atom. The highest BCUT2D eigenvalue weighted by Crippen LogP contribution is 2.25. The topological polar surface area (TPSA) is 75.2 Å². The normalized spacial score (nSPS) is 21.2. The molecule has 8 heteroatoms. The fourth-order valence-corrected chi connectivity index (χ4v) is 5.22. The summed E-state index contributed by atoms with van der Waals surface area (Å²) >= 11 is 1.58. The van der Waals surface area contributed by atoms with Crippen molar-refractivity contribution in [2.45, 2.75) is 19.0 Å². The standard InChI is InChI=1S/C13H18N4O2S2/c1-14-12-10-3-5-20-13(10)16-11(15-12)7-17(2)9-4-6-21(18,19)8-9/h3,5,9H,4,6-8H2,1-2H3,(H,14,15,16). The number of fused-ring (bicyclic) bond motifs is 1. The minimum Gasteiger partial charge on any atom is -0.372 e. The van der Waals surface area contributed by atoms with Gasteiger partial charge in [0.05, 0.1) is 23.4 Å². The molecule has 21 heavy (non-hydrogen) atoms. The Labute approximate surface area is 128 Å². The van der Waals surface area contributed by atoms with E-state index in [1.54, 1.807) is 11.3 Å². The highest BCUT2D eigenvalue weighted by molar-refractivity contribution is 7.91. The molecular weight excluding hydrogens is 308 g/mol. The van der Waals surface area contributed by atoms with Crippen LogP contribution in [-0.4, -0.2) is 54.9 Å². The third kappa shape index (κ3) is 3.02. The number of rotatable bonds is 4. The van der Waals surface area contributed by atoms with Gasteiger partial charge in [-0.05, 0) is 24.9 Å². The lowest BCUT2D eigenvalue weighted by Gasteiger charge is -2.22. The van der Waals surface area contributed by atoms with E-state index in [0.29, 0.717) is 13.0 Å². The van der Waals surface area contributed by atoms with Gasteiger partial charge in [-0.1, -0.05) is 0 Å². The van der Waals surface area contributed by atoms with Crippen LogP contribution in [0.5, 0.6) is 0 Å². The summed E-state index contributed by atoms with van der Waals surface area (Å²) in [5.41, 5.74) is 0. The van der Waals surface area contributed by atoms with Crippen LogP contribution >= 0.6 is 11.3 Å². The van der Waals surface area contributed by atoms with Crippen LogP contribution in [0.15, 0.2) is 11.4 Å². The zero-order chi connectivity index (χ0) is 15.0. The molecule has 114 valence electrons. The molecule has 1 N–H and O–H groups in total. The van der Waals surface area contributed by atoms with Crippen LogP contribution in [0.3, 0.4) is 0 Å². The largest absolute Gasteiger partial charge is 0.372 e. The molecule has 0 aromatic carbocycles. The van der Waals surface area contributed by atoms with Gasteiger partial charge in [0.25, 0.3) is 0 Å². The van der Waals surface area contributed by atoms with Crippen LogP contribution in [0.2, 0.25) is 0 Å². The van der Waals surface area contributed by atoms with E-state index in [4.69, 9.17) is 0 Å². The average molecular weight is 326 g/mol. The summed E-state index contributed by atoms with van der Waals surface area (Å²) in [6, 6.07) is 2.07. The number of anilines is 1. The van der Waals surface area contributed by atoms with Gasteiger partial charge in [-0.3, -0.25) is 4.90 Å². The molecule has 0 bridgehead atoms. The maximum atomic E-state index is 11.6. The lowest BCUT2D eigenvalue weighted by molar-refractivity contribution is 0.248. The Hall–Kier alpha value is -1.25.